The summed E-state index contributed by atoms with van der Waals surface area (Å²) < 4.78 is 5.18. The third kappa shape index (κ3) is 3.07. The van der Waals surface area contributed by atoms with Crippen LogP contribution in [0.15, 0.2) is 51.9 Å². The van der Waals surface area contributed by atoms with E-state index in [2.05, 4.69) is 5.32 Å². The molecule has 0 amide bonds. The molecule has 0 aromatic heterocycles. The number of hydrogen-bond donors (Lipinski definition) is 1. The zero-order valence-corrected chi connectivity index (χ0v) is 14.8. The molecule has 0 fully saturated rings. The van der Waals surface area contributed by atoms with Crippen molar-refractivity contribution in [1.29, 1.82) is 0 Å². The molecular weight excluding hydrogens is 353 g/mol. The number of benzene rings is 2. The largest absolute Gasteiger partial charge is 0.497 e. The smallest absolute Gasteiger partial charge is 0.201 e. The molecular formula is C17H13Cl2NO2S. The van der Waals surface area contributed by atoms with Gasteiger partial charge in [0.2, 0.25) is 5.78 Å². The summed E-state index contributed by atoms with van der Waals surface area (Å²) >= 11 is 13.7. The van der Waals surface area contributed by atoms with Crippen LogP contribution in [0.3, 0.4) is 0 Å². The Balaban J connectivity index is 1.97. The molecule has 0 unspecified atom stereocenters. The highest BCUT2D eigenvalue weighted by atomic mass is 35.5. The molecule has 0 aliphatic carbocycles. The predicted octanol–water partition coefficient (Wildman–Crippen LogP) is 5.63. The average molecular weight is 366 g/mol. The summed E-state index contributed by atoms with van der Waals surface area (Å²) in [6.45, 7) is 1.85. The topological polar surface area (TPSA) is 38.3 Å². The number of methoxy groups -OCH3 is 1. The van der Waals surface area contributed by atoms with E-state index in [4.69, 9.17) is 27.9 Å². The minimum absolute atomic E-state index is 0.0596. The number of ether oxygens (including phenoxy) is 1. The summed E-state index contributed by atoms with van der Waals surface area (Å²) in [5, 5.41) is 4.13. The number of hydrogen-bond acceptors (Lipinski definition) is 4. The molecule has 1 heterocycles. The number of fused-ring (bicyclic) bond motifs is 1. The van der Waals surface area contributed by atoms with Gasteiger partial charge in [-0.3, -0.25) is 4.79 Å². The van der Waals surface area contributed by atoms with Crippen molar-refractivity contribution in [1.82, 2.24) is 0 Å². The fourth-order valence-electron chi connectivity index (χ4n) is 2.28. The number of allylic oxidation sites excluding steroid dienone is 2. The number of nitrogens with one attached hydrogen (secondary N) is 1. The first kappa shape index (κ1) is 16.2. The van der Waals surface area contributed by atoms with Crippen LogP contribution in [0.1, 0.15) is 17.3 Å². The van der Waals surface area contributed by atoms with Gasteiger partial charge in [0.15, 0.2) is 0 Å². The number of rotatable bonds is 3. The van der Waals surface area contributed by atoms with Crippen LogP contribution < -0.4 is 10.1 Å². The lowest BCUT2D eigenvalue weighted by atomic mass is 10.1. The fourth-order valence-corrected chi connectivity index (χ4v) is 3.73. The molecule has 0 saturated carbocycles. The number of anilines is 1. The molecule has 0 atom stereocenters. The van der Waals surface area contributed by atoms with Gasteiger partial charge in [-0.1, -0.05) is 47.1 Å². The van der Waals surface area contributed by atoms with Crippen LogP contribution in [0.25, 0.3) is 0 Å². The first-order chi connectivity index (χ1) is 11.0. The SMILES string of the molecule is COc1cccc(C(=O)C2=C(C)Nc3c(ccc(Cl)c3Cl)S2)c1. The van der Waals surface area contributed by atoms with Gasteiger partial charge in [0.25, 0.3) is 0 Å². The summed E-state index contributed by atoms with van der Waals surface area (Å²) in [6, 6.07) is 10.7. The number of halogens is 2. The van der Waals surface area contributed by atoms with E-state index in [1.165, 1.54) is 11.8 Å². The van der Waals surface area contributed by atoms with Crippen LogP contribution in [0, 0.1) is 0 Å². The van der Waals surface area contributed by atoms with Crippen molar-refractivity contribution in [3.8, 4) is 5.75 Å². The van der Waals surface area contributed by atoms with E-state index in [9.17, 15) is 4.79 Å². The predicted molar refractivity (Wildman–Crippen MR) is 96.0 cm³/mol. The Kier molecular flexibility index (Phi) is 4.57. The first-order valence-corrected chi connectivity index (χ1v) is 8.41. The number of ketones is 1. The summed E-state index contributed by atoms with van der Waals surface area (Å²) in [5.41, 5.74) is 2.07. The van der Waals surface area contributed by atoms with Gasteiger partial charge in [-0.2, -0.15) is 0 Å². The molecule has 23 heavy (non-hydrogen) atoms. The van der Waals surface area contributed by atoms with E-state index >= 15 is 0 Å². The second kappa shape index (κ2) is 6.48. The van der Waals surface area contributed by atoms with Crippen LogP contribution in [-0.2, 0) is 0 Å². The van der Waals surface area contributed by atoms with Crippen molar-refractivity contribution < 1.29 is 9.53 Å². The molecule has 1 aliphatic rings. The average Bonchev–Trinajstić information content (AvgIpc) is 2.58. The lowest BCUT2D eigenvalue weighted by Gasteiger charge is -2.23. The van der Waals surface area contributed by atoms with E-state index in [1.54, 1.807) is 37.4 Å². The third-order valence-electron chi connectivity index (χ3n) is 3.46. The number of carbonyl (C=O) groups excluding carboxylic acids is 1. The molecule has 118 valence electrons. The van der Waals surface area contributed by atoms with Gasteiger partial charge in [-0.25, -0.2) is 0 Å². The van der Waals surface area contributed by atoms with Gasteiger partial charge in [-0.05, 0) is 31.2 Å². The summed E-state index contributed by atoms with van der Waals surface area (Å²) in [5.74, 6) is 0.591. The molecule has 2 aromatic rings. The van der Waals surface area contributed by atoms with Crippen LogP contribution >= 0.6 is 35.0 Å². The molecule has 3 rings (SSSR count). The van der Waals surface area contributed by atoms with Gasteiger partial charge in [0, 0.05) is 16.2 Å². The minimum Gasteiger partial charge on any atom is -0.497 e. The highest BCUT2D eigenvalue weighted by Gasteiger charge is 2.25. The van der Waals surface area contributed by atoms with Crippen molar-refractivity contribution in [2.75, 3.05) is 12.4 Å². The highest BCUT2D eigenvalue weighted by Crippen LogP contribution is 2.46. The lowest BCUT2D eigenvalue weighted by molar-refractivity contribution is 0.104. The lowest BCUT2D eigenvalue weighted by Crippen LogP contribution is -2.12. The maximum atomic E-state index is 12.8. The quantitative estimate of drug-likeness (QED) is 0.714. The number of thioether (sulfide) groups is 1. The van der Waals surface area contributed by atoms with E-state index in [0.717, 1.165) is 16.3 Å². The highest BCUT2D eigenvalue weighted by molar-refractivity contribution is 8.04. The maximum absolute atomic E-state index is 12.8. The zero-order valence-electron chi connectivity index (χ0n) is 12.4. The van der Waals surface area contributed by atoms with Crippen molar-refractivity contribution >= 4 is 46.4 Å². The van der Waals surface area contributed by atoms with Gasteiger partial charge in [0.1, 0.15) is 5.75 Å². The molecule has 2 aromatic carbocycles. The Labute approximate surface area is 148 Å². The van der Waals surface area contributed by atoms with Crippen molar-refractivity contribution in [2.24, 2.45) is 0 Å². The van der Waals surface area contributed by atoms with Gasteiger partial charge < -0.3 is 10.1 Å². The zero-order chi connectivity index (χ0) is 16.6. The molecule has 0 bridgehead atoms. The number of carbonyl (C=O) groups is 1. The Bertz CT molecular complexity index is 833. The molecule has 1 N–H and O–H groups in total. The Morgan fingerprint density at radius 3 is 2.74 bits per heavy atom. The molecule has 0 radical (unpaired) electrons. The van der Waals surface area contributed by atoms with Crippen LogP contribution in [0.4, 0.5) is 5.69 Å². The first-order valence-electron chi connectivity index (χ1n) is 6.83. The summed E-state index contributed by atoms with van der Waals surface area (Å²) in [4.78, 5) is 14.3. The normalized spacial score (nSPS) is 13.4. The van der Waals surface area contributed by atoms with Crippen molar-refractivity contribution in [3.63, 3.8) is 0 Å². The maximum Gasteiger partial charge on any atom is 0.201 e. The Morgan fingerprint density at radius 2 is 2.00 bits per heavy atom. The molecule has 0 saturated heterocycles. The third-order valence-corrected chi connectivity index (χ3v) is 5.52. The standard InChI is InChI=1S/C17H13Cl2NO2S/c1-9-17(16(21)10-4-3-5-11(8-10)22-2)23-13-7-6-12(18)14(19)15(13)20-9/h3-8,20H,1-2H3. The Hall–Kier alpha value is -1.62. The van der Waals surface area contributed by atoms with E-state index in [1.807, 2.05) is 13.0 Å². The van der Waals surface area contributed by atoms with Crippen LogP contribution in [-0.4, -0.2) is 12.9 Å². The van der Waals surface area contributed by atoms with Gasteiger partial charge in [-0.15, -0.1) is 0 Å². The summed E-state index contributed by atoms with van der Waals surface area (Å²) in [6.07, 6.45) is 0. The van der Waals surface area contributed by atoms with Gasteiger partial charge in [0.05, 0.1) is 27.7 Å². The molecule has 1 aliphatic heterocycles. The second-order valence-electron chi connectivity index (χ2n) is 4.98. The van der Waals surface area contributed by atoms with E-state index in [0.29, 0.717) is 26.3 Å². The van der Waals surface area contributed by atoms with Crippen LogP contribution in [0.2, 0.25) is 10.0 Å². The van der Waals surface area contributed by atoms with Crippen molar-refractivity contribution in [2.45, 2.75) is 11.8 Å². The second-order valence-corrected chi connectivity index (χ2v) is 6.81. The van der Waals surface area contributed by atoms with Crippen molar-refractivity contribution in [3.05, 3.63) is 62.6 Å². The molecule has 0 spiro atoms. The van der Waals surface area contributed by atoms with E-state index in [-0.39, 0.29) is 5.78 Å². The van der Waals surface area contributed by atoms with Crippen LogP contribution in [0.5, 0.6) is 5.75 Å². The molecule has 6 heteroatoms. The van der Waals surface area contributed by atoms with E-state index < -0.39 is 0 Å². The minimum atomic E-state index is -0.0596. The Morgan fingerprint density at radius 1 is 1.22 bits per heavy atom. The monoisotopic (exact) mass is 365 g/mol. The fraction of sp³-hybridized carbons (Fsp3) is 0.118. The van der Waals surface area contributed by atoms with Gasteiger partial charge >= 0.3 is 0 Å². The summed E-state index contributed by atoms with van der Waals surface area (Å²) in [7, 11) is 1.58. The molecule has 3 nitrogen and oxygen atoms in total. The number of Topliss-reactive ketones (excluding diaryl/α,β-unsaturated/α-hetero) is 1.